The monoisotopic (exact) mass is 333 g/mol. The zero-order valence-corrected chi connectivity index (χ0v) is 14.1. The second-order valence-electron chi connectivity index (χ2n) is 5.76. The van der Waals surface area contributed by atoms with Crippen LogP contribution in [0, 0.1) is 13.8 Å². The maximum atomic E-state index is 12.5. The number of carbonyl (C=O) groups excluding carboxylic acids is 2. The lowest BCUT2D eigenvalue weighted by Gasteiger charge is -2.13. The molecule has 1 heterocycles. The summed E-state index contributed by atoms with van der Waals surface area (Å²) in [6.07, 6.45) is 3.72. The van der Waals surface area contributed by atoms with Gasteiger partial charge in [-0.25, -0.2) is 0 Å². The minimum absolute atomic E-state index is 0.340. The Morgan fingerprint density at radius 2 is 1.36 bits per heavy atom. The number of nitrogens with zero attached hydrogens (tertiary/aromatic N) is 1. The van der Waals surface area contributed by atoms with Gasteiger partial charge in [0.25, 0.3) is 11.8 Å². The Hall–Kier alpha value is -3.34. The molecule has 25 heavy (non-hydrogen) atoms. The summed E-state index contributed by atoms with van der Waals surface area (Å²) in [5.74, 6) is -0.712. The van der Waals surface area contributed by atoms with E-state index in [4.69, 9.17) is 0 Å². The maximum absolute atomic E-state index is 12.5. The molecular formula is C20H19N3O2. The highest BCUT2D eigenvalue weighted by molar-refractivity contribution is 6.01. The number of amides is 2. The number of carbonyl (C=O) groups is 2. The van der Waals surface area contributed by atoms with Gasteiger partial charge in [0, 0.05) is 18.0 Å². The number of hydrogen-bond donors (Lipinski definition) is 2. The van der Waals surface area contributed by atoms with Crippen LogP contribution in [0.1, 0.15) is 31.8 Å². The van der Waals surface area contributed by atoms with Gasteiger partial charge in [0.2, 0.25) is 0 Å². The first kappa shape index (κ1) is 16.5. The molecule has 1 aromatic heterocycles. The lowest BCUT2D eigenvalue weighted by molar-refractivity contribution is 0.0846. The first-order chi connectivity index (χ1) is 12.1. The lowest BCUT2D eigenvalue weighted by Crippen LogP contribution is -2.42. The quantitative estimate of drug-likeness (QED) is 0.723. The number of nitrogens with one attached hydrogen (secondary N) is 2. The summed E-state index contributed by atoms with van der Waals surface area (Å²) in [6, 6.07) is 16.5. The predicted molar refractivity (Wildman–Crippen MR) is 96.6 cm³/mol. The standard InChI is InChI=1S/C20H19N3O2/c1-14-8-7-10-16(15(14)2)19(24)21-22-20(25)17-9-3-4-11-18(17)23-12-5-6-13-23/h3-13H,1-2H3,(H,21,24)(H,22,25). The molecule has 2 N–H and O–H groups in total. The first-order valence-corrected chi connectivity index (χ1v) is 7.97. The summed E-state index contributed by atoms with van der Waals surface area (Å²) < 4.78 is 1.85. The highest BCUT2D eigenvalue weighted by Gasteiger charge is 2.14. The van der Waals surface area contributed by atoms with E-state index in [1.165, 1.54) is 0 Å². The van der Waals surface area contributed by atoms with Crippen LogP contribution < -0.4 is 10.9 Å². The molecule has 0 aliphatic carbocycles. The Balaban J connectivity index is 1.76. The van der Waals surface area contributed by atoms with Crippen LogP contribution in [0.3, 0.4) is 0 Å². The molecule has 0 radical (unpaired) electrons. The van der Waals surface area contributed by atoms with Crippen molar-refractivity contribution in [2.45, 2.75) is 13.8 Å². The molecule has 0 saturated heterocycles. The van der Waals surface area contributed by atoms with Gasteiger partial charge in [-0.1, -0.05) is 24.3 Å². The van der Waals surface area contributed by atoms with Gasteiger partial charge in [-0.2, -0.15) is 0 Å². The summed E-state index contributed by atoms with van der Waals surface area (Å²) in [7, 11) is 0. The van der Waals surface area contributed by atoms with Crippen molar-refractivity contribution in [3.63, 3.8) is 0 Å². The van der Waals surface area contributed by atoms with Crippen molar-refractivity contribution < 1.29 is 9.59 Å². The second-order valence-corrected chi connectivity index (χ2v) is 5.76. The highest BCUT2D eigenvalue weighted by atomic mass is 16.2. The number of hydrogen-bond acceptors (Lipinski definition) is 2. The van der Waals surface area contributed by atoms with Crippen LogP contribution in [-0.2, 0) is 0 Å². The van der Waals surface area contributed by atoms with E-state index >= 15 is 0 Å². The molecule has 2 amide bonds. The van der Waals surface area contributed by atoms with E-state index < -0.39 is 0 Å². The fraction of sp³-hybridized carbons (Fsp3) is 0.100. The fourth-order valence-corrected chi connectivity index (χ4v) is 2.63. The molecule has 0 bridgehead atoms. The van der Waals surface area contributed by atoms with Crippen LogP contribution in [0.15, 0.2) is 67.0 Å². The van der Waals surface area contributed by atoms with Crippen molar-refractivity contribution in [2.75, 3.05) is 0 Å². The van der Waals surface area contributed by atoms with Gasteiger partial charge in [-0.3, -0.25) is 20.4 Å². The van der Waals surface area contributed by atoms with Crippen molar-refractivity contribution in [3.8, 4) is 5.69 Å². The summed E-state index contributed by atoms with van der Waals surface area (Å²) >= 11 is 0. The van der Waals surface area contributed by atoms with E-state index in [9.17, 15) is 9.59 Å². The number of aryl methyl sites for hydroxylation is 1. The van der Waals surface area contributed by atoms with Gasteiger partial charge >= 0.3 is 0 Å². The molecule has 2 aromatic carbocycles. The number of rotatable bonds is 3. The molecule has 3 aromatic rings. The van der Waals surface area contributed by atoms with Gasteiger partial charge in [-0.15, -0.1) is 0 Å². The largest absolute Gasteiger partial charge is 0.323 e. The molecular weight excluding hydrogens is 314 g/mol. The van der Waals surface area contributed by atoms with Crippen LogP contribution in [0.2, 0.25) is 0 Å². The Labute approximate surface area is 146 Å². The molecule has 3 rings (SSSR count). The third-order valence-electron chi connectivity index (χ3n) is 4.17. The van der Waals surface area contributed by atoms with E-state index in [2.05, 4.69) is 10.9 Å². The van der Waals surface area contributed by atoms with Crippen molar-refractivity contribution in [1.82, 2.24) is 15.4 Å². The molecule has 0 atom stereocenters. The van der Waals surface area contributed by atoms with Crippen LogP contribution in [0.25, 0.3) is 5.69 Å². The van der Waals surface area contributed by atoms with E-state index in [1.807, 2.05) is 67.2 Å². The first-order valence-electron chi connectivity index (χ1n) is 7.97. The van der Waals surface area contributed by atoms with E-state index in [0.717, 1.165) is 16.8 Å². The molecule has 0 saturated carbocycles. The number of hydrazine groups is 1. The topological polar surface area (TPSA) is 63.1 Å². The summed E-state index contributed by atoms with van der Waals surface area (Å²) in [6.45, 7) is 3.82. The molecule has 5 heteroatoms. The van der Waals surface area contributed by atoms with E-state index in [-0.39, 0.29) is 11.8 Å². The van der Waals surface area contributed by atoms with E-state index in [0.29, 0.717) is 11.1 Å². The smallest absolute Gasteiger partial charge is 0.271 e. The van der Waals surface area contributed by atoms with Gasteiger partial charge in [-0.05, 0) is 55.3 Å². The van der Waals surface area contributed by atoms with Gasteiger partial charge in [0.15, 0.2) is 0 Å². The third kappa shape index (κ3) is 3.45. The molecule has 0 fully saturated rings. The van der Waals surface area contributed by atoms with Gasteiger partial charge < -0.3 is 4.57 Å². The van der Waals surface area contributed by atoms with Crippen molar-refractivity contribution in [3.05, 3.63) is 89.2 Å². The van der Waals surface area contributed by atoms with Gasteiger partial charge in [0.1, 0.15) is 0 Å². The van der Waals surface area contributed by atoms with E-state index in [1.54, 1.807) is 18.2 Å². The molecule has 0 spiro atoms. The molecule has 0 unspecified atom stereocenters. The van der Waals surface area contributed by atoms with Gasteiger partial charge in [0.05, 0.1) is 11.3 Å². The third-order valence-corrected chi connectivity index (χ3v) is 4.17. The zero-order chi connectivity index (χ0) is 17.8. The Morgan fingerprint density at radius 3 is 2.08 bits per heavy atom. The Kier molecular flexibility index (Phi) is 4.66. The fourth-order valence-electron chi connectivity index (χ4n) is 2.63. The number of aromatic nitrogens is 1. The minimum atomic E-state index is -0.372. The SMILES string of the molecule is Cc1cccc(C(=O)NNC(=O)c2ccccc2-n2cccc2)c1C. The molecule has 5 nitrogen and oxygen atoms in total. The molecule has 0 aliphatic rings. The van der Waals surface area contributed by atoms with Crippen LogP contribution >= 0.6 is 0 Å². The van der Waals surface area contributed by atoms with Crippen LogP contribution in [0.5, 0.6) is 0 Å². The normalized spacial score (nSPS) is 10.3. The molecule has 126 valence electrons. The van der Waals surface area contributed by atoms with Crippen molar-refractivity contribution in [2.24, 2.45) is 0 Å². The average molecular weight is 333 g/mol. The minimum Gasteiger partial charge on any atom is -0.323 e. The van der Waals surface area contributed by atoms with Crippen molar-refractivity contribution in [1.29, 1.82) is 0 Å². The second kappa shape index (κ2) is 7.05. The predicted octanol–water partition coefficient (Wildman–Crippen LogP) is 3.17. The highest BCUT2D eigenvalue weighted by Crippen LogP contribution is 2.15. The van der Waals surface area contributed by atoms with Crippen LogP contribution in [-0.4, -0.2) is 16.4 Å². The number of benzene rings is 2. The molecule has 0 aliphatic heterocycles. The zero-order valence-electron chi connectivity index (χ0n) is 14.1. The lowest BCUT2D eigenvalue weighted by atomic mass is 10.0. The summed E-state index contributed by atoms with van der Waals surface area (Å²) in [4.78, 5) is 24.8. The summed E-state index contributed by atoms with van der Waals surface area (Å²) in [5.41, 5.74) is 8.65. The maximum Gasteiger partial charge on any atom is 0.271 e. The van der Waals surface area contributed by atoms with Crippen molar-refractivity contribution >= 4 is 11.8 Å². The Bertz CT molecular complexity index is 914. The average Bonchev–Trinajstić information content (AvgIpc) is 3.16. The van der Waals surface area contributed by atoms with Crippen LogP contribution in [0.4, 0.5) is 0 Å². The Morgan fingerprint density at radius 1 is 0.760 bits per heavy atom. The summed E-state index contributed by atoms with van der Waals surface area (Å²) in [5, 5.41) is 0. The number of para-hydroxylation sites is 1.